The molecular weight excluding hydrogens is 357 g/mol. The Morgan fingerprint density at radius 1 is 1.42 bits per heavy atom. The third-order valence-corrected chi connectivity index (χ3v) is 5.49. The molecule has 26 heavy (non-hydrogen) atoms. The summed E-state index contributed by atoms with van der Waals surface area (Å²) in [5, 5.41) is 9.71. The molecule has 0 aliphatic carbocycles. The molecule has 0 amide bonds. The fourth-order valence-corrected chi connectivity index (χ4v) is 4.31. The van der Waals surface area contributed by atoms with Gasteiger partial charge in [-0.15, -0.1) is 0 Å². The SMILES string of the molecule is CC(NS(C)(=O)=O)C1CCCN(c2ncnc3cc(F)c(C#N)cc23)C1. The first-order valence-electron chi connectivity index (χ1n) is 8.35. The standard InChI is InChI=1S/C17H20FN5O2S/c1-11(22-26(2,24)25)12-4-3-5-23(9-12)17-14-6-13(8-19)15(18)7-16(14)20-10-21-17/h6-7,10-12,22H,3-5,9H2,1-2H3. The minimum absolute atomic E-state index is 0.0470. The largest absolute Gasteiger partial charge is 0.356 e. The minimum atomic E-state index is -3.28. The van der Waals surface area contributed by atoms with Crippen molar-refractivity contribution in [3.63, 3.8) is 0 Å². The molecule has 1 N–H and O–H groups in total. The number of sulfonamides is 1. The average molecular weight is 377 g/mol. The van der Waals surface area contributed by atoms with E-state index in [0.717, 1.165) is 25.6 Å². The van der Waals surface area contributed by atoms with Crippen LogP contribution in [0.3, 0.4) is 0 Å². The van der Waals surface area contributed by atoms with Crippen LogP contribution >= 0.6 is 0 Å². The zero-order chi connectivity index (χ0) is 18.9. The summed E-state index contributed by atoms with van der Waals surface area (Å²) in [6.45, 7) is 3.24. The fourth-order valence-electron chi connectivity index (χ4n) is 3.45. The molecule has 3 rings (SSSR count). The van der Waals surface area contributed by atoms with E-state index in [1.54, 1.807) is 0 Å². The summed E-state index contributed by atoms with van der Waals surface area (Å²) in [6, 6.07) is 4.36. The van der Waals surface area contributed by atoms with Crippen LogP contribution in [0.1, 0.15) is 25.3 Å². The molecule has 2 aromatic rings. The van der Waals surface area contributed by atoms with Gasteiger partial charge in [-0.2, -0.15) is 5.26 Å². The lowest BCUT2D eigenvalue weighted by Gasteiger charge is -2.36. The average Bonchev–Trinajstić information content (AvgIpc) is 2.59. The van der Waals surface area contributed by atoms with Gasteiger partial charge >= 0.3 is 0 Å². The van der Waals surface area contributed by atoms with Gasteiger partial charge in [-0.1, -0.05) is 0 Å². The molecule has 1 aliphatic heterocycles. The Hall–Kier alpha value is -2.31. The van der Waals surface area contributed by atoms with E-state index in [4.69, 9.17) is 5.26 Å². The van der Waals surface area contributed by atoms with E-state index >= 15 is 0 Å². The molecule has 138 valence electrons. The van der Waals surface area contributed by atoms with Gasteiger partial charge in [-0.3, -0.25) is 0 Å². The van der Waals surface area contributed by atoms with Gasteiger partial charge < -0.3 is 4.90 Å². The Balaban J connectivity index is 1.92. The number of nitrogens with zero attached hydrogens (tertiary/aromatic N) is 4. The number of benzene rings is 1. The number of piperidine rings is 1. The maximum absolute atomic E-state index is 13.9. The summed E-state index contributed by atoms with van der Waals surface area (Å²) in [7, 11) is -3.28. The van der Waals surface area contributed by atoms with Gasteiger partial charge in [0, 0.05) is 30.6 Å². The molecule has 2 atom stereocenters. The Morgan fingerprint density at radius 2 is 2.19 bits per heavy atom. The number of nitrogens with one attached hydrogen (secondary N) is 1. The van der Waals surface area contributed by atoms with Crippen LogP contribution in [-0.2, 0) is 10.0 Å². The van der Waals surface area contributed by atoms with Crippen LogP contribution in [0.25, 0.3) is 10.9 Å². The fraction of sp³-hybridized carbons (Fsp3) is 0.471. The van der Waals surface area contributed by atoms with Gasteiger partial charge in [-0.05, 0) is 31.7 Å². The normalized spacial score (nSPS) is 19.3. The van der Waals surface area contributed by atoms with Gasteiger partial charge in [0.2, 0.25) is 10.0 Å². The lowest BCUT2D eigenvalue weighted by Crippen LogP contribution is -2.46. The number of halogens is 1. The van der Waals surface area contributed by atoms with Crippen molar-refractivity contribution in [2.75, 3.05) is 24.2 Å². The summed E-state index contributed by atoms with van der Waals surface area (Å²) in [6.07, 6.45) is 4.32. The number of hydrogen-bond acceptors (Lipinski definition) is 6. The van der Waals surface area contributed by atoms with Crippen LogP contribution < -0.4 is 9.62 Å². The van der Waals surface area contributed by atoms with Crippen LogP contribution in [0.5, 0.6) is 0 Å². The quantitative estimate of drug-likeness (QED) is 0.872. The molecule has 1 saturated heterocycles. The number of fused-ring (bicyclic) bond motifs is 1. The summed E-state index contributed by atoms with van der Waals surface area (Å²) in [5.74, 6) is 0.161. The van der Waals surface area contributed by atoms with Crippen molar-refractivity contribution >= 4 is 26.7 Å². The zero-order valence-electron chi connectivity index (χ0n) is 14.6. The lowest BCUT2D eigenvalue weighted by atomic mass is 9.92. The van der Waals surface area contributed by atoms with Gasteiger partial charge in [0.25, 0.3) is 0 Å². The van der Waals surface area contributed by atoms with Gasteiger partial charge in [0.1, 0.15) is 24.0 Å². The highest BCUT2D eigenvalue weighted by molar-refractivity contribution is 7.88. The number of anilines is 1. The molecule has 0 spiro atoms. The van der Waals surface area contributed by atoms with Gasteiger partial charge in [0.05, 0.1) is 17.3 Å². The Labute approximate surface area is 151 Å². The maximum Gasteiger partial charge on any atom is 0.208 e. The van der Waals surface area contributed by atoms with E-state index in [-0.39, 0.29) is 17.5 Å². The van der Waals surface area contributed by atoms with E-state index in [0.29, 0.717) is 23.3 Å². The second-order valence-electron chi connectivity index (χ2n) is 6.69. The van der Waals surface area contributed by atoms with Crippen LogP contribution in [-0.4, -0.2) is 43.8 Å². The first-order valence-corrected chi connectivity index (χ1v) is 10.2. The Bertz CT molecular complexity index is 973. The Morgan fingerprint density at radius 3 is 2.88 bits per heavy atom. The summed E-state index contributed by atoms with van der Waals surface area (Å²) in [4.78, 5) is 10.5. The highest BCUT2D eigenvalue weighted by Gasteiger charge is 2.28. The molecule has 1 aromatic carbocycles. The lowest BCUT2D eigenvalue weighted by molar-refractivity contribution is 0.346. The summed E-state index contributed by atoms with van der Waals surface area (Å²) >= 11 is 0. The van der Waals surface area contributed by atoms with Gasteiger partial charge in [0.15, 0.2) is 0 Å². The van der Waals surface area contributed by atoms with Crippen molar-refractivity contribution in [3.05, 3.63) is 29.8 Å². The third kappa shape index (κ3) is 3.92. The number of hydrogen-bond donors (Lipinski definition) is 1. The van der Waals surface area contributed by atoms with Crippen LogP contribution in [0, 0.1) is 23.1 Å². The topological polar surface area (TPSA) is 99.0 Å². The summed E-state index contributed by atoms with van der Waals surface area (Å²) in [5.41, 5.74) is 0.394. The van der Waals surface area contributed by atoms with E-state index in [9.17, 15) is 12.8 Å². The van der Waals surface area contributed by atoms with E-state index in [1.165, 1.54) is 18.5 Å². The minimum Gasteiger partial charge on any atom is -0.356 e. The van der Waals surface area contributed by atoms with Gasteiger partial charge in [-0.25, -0.2) is 27.5 Å². The maximum atomic E-state index is 13.9. The molecule has 0 saturated carbocycles. The highest BCUT2D eigenvalue weighted by atomic mass is 32.2. The highest BCUT2D eigenvalue weighted by Crippen LogP contribution is 2.30. The number of aromatic nitrogens is 2. The predicted molar refractivity (Wildman–Crippen MR) is 96.6 cm³/mol. The predicted octanol–water partition coefficient (Wildman–Crippen LogP) is 1.79. The Kier molecular flexibility index (Phi) is 5.07. The van der Waals surface area contributed by atoms with Crippen molar-refractivity contribution in [2.24, 2.45) is 5.92 Å². The van der Waals surface area contributed by atoms with Crippen LogP contribution in [0.2, 0.25) is 0 Å². The monoisotopic (exact) mass is 377 g/mol. The number of rotatable bonds is 4. The third-order valence-electron chi connectivity index (χ3n) is 4.69. The van der Waals surface area contributed by atoms with Crippen molar-refractivity contribution in [2.45, 2.75) is 25.8 Å². The molecule has 1 aliphatic rings. The first kappa shape index (κ1) is 18.5. The smallest absolute Gasteiger partial charge is 0.208 e. The van der Waals surface area contributed by atoms with E-state index in [1.807, 2.05) is 13.0 Å². The molecule has 1 fully saturated rings. The summed E-state index contributed by atoms with van der Waals surface area (Å²) < 4.78 is 39.5. The number of nitriles is 1. The molecule has 1 aromatic heterocycles. The second kappa shape index (κ2) is 7.13. The molecule has 0 bridgehead atoms. The van der Waals surface area contributed by atoms with Crippen molar-refractivity contribution in [1.82, 2.24) is 14.7 Å². The van der Waals surface area contributed by atoms with Crippen LogP contribution in [0.4, 0.5) is 10.2 Å². The second-order valence-corrected chi connectivity index (χ2v) is 8.47. The van der Waals surface area contributed by atoms with Crippen molar-refractivity contribution in [3.8, 4) is 6.07 Å². The van der Waals surface area contributed by atoms with E-state index in [2.05, 4.69) is 19.6 Å². The van der Waals surface area contributed by atoms with Crippen LogP contribution in [0.15, 0.2) is 18.5 Å². The van der Waals surface area contributed by atoms with E-state index < -0.39 is 15.8 Å². The zero-order valence-corrected chi connectivity index (χ0v) is 15.4. The molecule has 2 unspecified atom stereocenters. The molecule has 9 heteroatoms. The van der Waals surface area contributed by atoms with Crippen molar-refractivity contribution < 1.29 is 12.8 Å². The molecule has 7 nitrogen and oxygen atoms in total. The molecule has 2 heterocycles. The van der Waals surface area contributed by atoms with Crippen molar-refractivity contribution in [1.29, 1.82) is 5.26 Å². The molecular formula is C17H20FN5O2S. The molecule has 0 radical (unpaired) electrons. The first-order chi connectivity index (χ1) is 12.3.